The first-order valence-electron chi connectivity index (χ1n) is 8.29. The van der Waals surface area contributed by atoms with Crippen LogP contribution < -0.4 is 5.32 Å². The van der Waals surface area contributed by atoms with Crippen LogP contribution in [-0.2, 0) is 15.3 Å². The number of anilines is 1. The Hall–Kier alpha value is -2.27. The van der Waals surface area contributed by atoms with Gasteiger partial charge in [0.05, 0.1) is 17.9 Å². The predicted molar refractivity (Wildman–Crippen MR) is 103 cm³/mol. The topological polar surface area (TPSA) is 55.4 Å². The minimum Gasteiger partial charge on any atom is -0.462 e. The van der Waals surface area contributed by atoms with E-state index in [4.69, 9.17) is 4.74 Å². The second-order valence-corrected chi connectivity index (χ2v) is 6.73. The van der Waals surface area contributed by atoms with Crippen molar-refractivity contribution in [3.63, 3.8) is 0 Å². The summed E-state index contributed by atoms with van der Waals surface area (Å²) in [5.41, 5.74) is 3.47. The van der Waals surface area contributed by atoms with E-state index < -0.39 is 0 Å². The molecule has 0 saturated heterocycles. The minimum absolute atomic E-state index is 0.0332. The number of ether oxygens (including phenoxy) is 1. The minimum atomic E-state index is -0.300. The van der Waals surface area contributed by atoms with Crippen LogP contribution >= 0.6 is 11.8 Å². The lowest BCUT2D eigenvalue weighted by Crippen LogP contribution is -2.14. The lowest BCUT2D eigenvalue weighted by Gasteiger charge is -2.07. The van der Waals surface area contributed by atoms with Gasteiger partial charge >= 0.3 is 5.97 Å². The average Bonchev–Trinajstić information content (AvgIpc) is 2.60. The van der Waals surface area contributed by atoms with Crippen molar-refractivity contribution in [1.82, 2.24) is 0 Å². The molecule has 0 saturated carbocycles. The van der Waals surface area contributed by atoms with Crippen molar-refractivity contribution in [2.24, 2.45) is 0 Å². The Kier molecular flexibility index (Phi) is 7.54. The maximum absolute atomic E-state index is 12.0. The van der Waals surface area contributed by atoms with Crippen LogP contribution in [0.25, 0.3) is 0 Å². The highest BCUT2D eigenvalue weighted by molar-refractivity contribution is 7.99. The number of esters is 1. The Morgan fingerprint density at radius 1 is 1.12 bits per heavy atom. The van der Waals surface area contributed by atoms with Gasteiger partial charge in [-0.25, -0.2) is 4.79 Å². The number of nitrogens with one attached hydrogen (secondary N) is 1. The summed E-state index contributed by atoms with van der Waals surface area (Å²) in [6.07, 6.45) is 0.803. The second-order valence-electron chi connectivity index (χ2n) is 5.75. The maximum Gasteiger partial charge on any atom is 0.338 e. The molecule has 0 radical (unpaired) electrons. The smallest absolute Gasteiger partial charge is 0.338 e. The molecule has 2 rings (SSSR count). The summed E-state index contributed by atoms with van der Waals surface area (Å²) in [6, 6.07) is 15.1. The van der Waals surface area contributed by atoms with Crippen LogP contribution in [0.1, 0.15) is 34.8 Å². The van der Waals surface area contributed by atoms with Crippen molar-refractivity contribution >= 4 is 29.3 Å². The van der Waals surface area contributed by atoms with Crippen molar-refractivity contribution < 1.29 is 14.3 Å². The standard InChI is InChI=1S/C20H23NO3S/c1-3-10-24-20(23)17-8-5-7-16(12-17)13-25-14-19(22)21-18-9-4-6-15(2)11-18/h4-9,11-12H,3,10,13-14H2,1-2H3,(H,21,22). The molecule has 5 heteroatoms. The third-order valence-corrected chi connectivity index (χ3v) is 4.41. The molecule has 0 atom stereocenters. The molecule has 0 aliphatic carbocycles. The molecule has 0 fully saturated rings. The fourth-order valence-corrected chi connectivity index (χ4v) is 3.02. The summed E-state index contributed by atoms with van der Waals surface area (Å²) < 4.78 is 5.14. The van der Waals surface area contributed by atoms with Crippen LogP contribution in [0.3, 0.4) is 0 Å². The summed E-state index contributed by atoms with van der Waals surface area (Å²) in [6.45, 7) is 4.38. The number of hydrogen-bond donors (Lipinski definition) is 1. The highest BCUT2D eigenvalue weighted by atomic mass is 32.2. The van der Waals surface area contributed by atoms with Crippen molar-refractivity contribution in [2.45, 2.75) is 26.0 Å². The molecule has 0 spiro atoms. The van der Waals surface area contributed by atoms with Gasteiger partial charge in [-0.1, -0.05) is 31.2 Å². The summed E-state index contributed by atoms with van der Waals surface area (Å²) in [5.74, 6) is 0.689. The molecule has 0 unspecified atom stereocenters. The van der Waals surface area contributed by atoms with E-state index in [-0.39, 0.29) is 11.9 Å². The molecule has 2 aromatic carbocycles. The van der Waals surface area contributed by atoms with Crippen LogP contribution in [-0.4, -0.2) is 24.2 Å². The van der Waals surface area contributed by atoms with E-state index in [0.29, 0.717) is 23.7 Å². The predicted octanol–water partition coefficient (Wildman–Crippen LogP) is 4.43. The Labute approximate surface area is 153 Å². The third-order valence-electron chi connectivity index (χ3n) is 3.40. The van der Waals surface area contributed by atoms with Crippen molar-refractivity contribution in [3.8, 4) is 0 Å². The number of rotatable bonds is 8. The lowest BCUT2D eigenvalue weighted by molar-refractivity contribution is -0.113. The highest BCUT2D eigenvalue weighted by Crippen LogP contribution is 2.16. The molecule has 0 heterocycles. The van der Waals surface area contributed by atoms with Gasteiger partial charge in [0.1, 0.15) is 0 Å². The molecule has 0 bridgehead atoms. The summed E-state index contributed by atoms with van der Waals surface area (Å²) in [7, 11) is 0. The van der Waals surface area contributed by atoms with Gasteiger partial charge in [0.15, 0.2) is 0 Å². The van der Waals surface area contributed by atoms with Crippen molar-refractivity contribution in [2.75, 3.05) is 17.7 Å². The quantitative estimate of drug-likeness (QED) is 0.710. The fourth-order valence-electron chi connectivity index (χ4n) is 2.25. The normalized spacial score (nSPS) is 10.3. The molecule has 4 nitrogen and oxygen atoms in total. The number of carbonyl (C=O) groups excluding carboxylic acids is 2. The zero-order valence-electron chi connectivity index (χ0n) is 14.6. The van der Waals surface area contributed by atoms with E-state index in [1.807, 2.05) is 56.3 Å². The molecule has 2 aromatic rings. The fraction of sp³-hybridized carbons (Fsp3) is 0.300. The number of benzene rings is 2. The first-order valence-corrected chi connectivity index (χ1v) is 9.44. The number of amides is 1. The zero-order chi connectivity index (χ0) is 18.1. The van der Waals surface area contributed by atoms with Crippen molar-refractivity contribution in [1.29, 1.82) is 0 Å². The van der Waals surface area contributed by atoms with E-state index in [2.05, 4.69) is 5.32 Å². The second kappa shape index (κ2) is 9.89. The zero-order valence-corrected chi connectivity index (χ0v) is 15.4. The molecule has 0 aliphatic rings. The Bertz CT molecular complexity index is 730. The molecule has 25 heavy (non-hydrogen) atoms. The third kappa shape index (κ3) is 6.63. The monoisotopic (exact) mass is 357 g/mol. The number of carbonyl (C=O) groups is 2. The average molecular weight is 357 g/mol. The molecular weight excluding hydrogens is 334 g/mol. The Morgan fingerprint density at radius 2 is 1.92 bits per heavy atom. The molecule has 1 N–H and O–H groups in total. The molecular formula is C20H23NO3S. The molecule has 1 amide bonds. The summed E-state index contributed by atoms with van der Waals surface area (Å²) >= 11 is 1.51. The molecule has 0 aromatic heterocycles. The maximum atomic E-state index is 12.0. The van der Waals surface area contributed by atoms with Crippen LogP contribution in [0, 0.1) is 6.92 Å². The van der Waals surface area contributed by atoms with Gasteiger partial charge in [-0.2, -0.15) is 0 Å². The van der Waals surface area contributed by atoms with E-state index >= 15 is 0 Å². The van der Waals surface area contributed by atoms with Crippen LogP contribution in [0.15, 0.2) is 48.5 Å². The molecule has 132 valence electrons. The summed E-state index contributed by atoms with van der Waals surface area (Å²) in [5, 5.41) is 2.89. The van der Waals surface area contributed by atoms with Crippen molar-refractivity contribution in [3.05, 3.63) is 65.2 Å². The van der Waals surface area contributed by atoms with Gasteiger partial charge < -0.3 is 10.1 Å². The van der Waals surface area contributed by atoms with Gasteiger partial charge in [-0.3, -0.25) is 4.79 Å². The largest absolute Gasteiger partial charge is 0.462 e. The van der Waals surface area contributed by atoms with Gasteiger partial charge in [0, 0.05) is 11.4 Å². The Balaban J connectivity index is 1.81. The van der Waals surface area contributed by atoms with Crippen LogP contribution in [0.5, 0.6) is 0 Å². The van der Waals surface area contributed by atoms with Gasteiger partial charge in [0.25, 0.3) is 0 Å². The van der Waals surface area contributed by atoms with Gasteiger partial charge in [0.2, 0.25) is 5.91 Å². The Morgan fingerprint density at radius 3 is 2.68 bits per heavy atom. The number of thioether (sulfide) groups is 1. The lowest BCUT2D eigenvalue weighted by atomic mass is 10.1. The van der Waals surface area contributed by atoms with Crippen LogP contribution in [0.4, 0.5) is 5.69 Å². The summed E-state index contributed by atoms with van der Waals surface area (Å²) in [4.78, 5) is 23.9. The number of hydrogen-bond acceptors (Lipinski definition) is 4. The van der Waals surface area contributed by atoms with E-state index in [9.17, 15) is 9.59 Å². The van der Waals surface area contributed by atoms with Crippen LogP contribution in [0.2, 0.25) is 0 Å². The van der Waals surface area contributed by atoms with Gasteiger partial charge in [-0.15, -0.1) is 11.8 Å². The van der Waals surface area contributed by atoms with E-state index in [0.717, 1.165) is 23.2 Å². The highest BCUT2D eigenvalue weighted by Gasteiger charge is 2.08. The first-order chi connectivity index (χ1) is 12.1. The SMILES string of the molecule is CCCOC(=O)c1cccc(CSCC(=O)Nc2cccc(C)c2)c1. The van der Waals surface area contributed by atoms with E-state index in [1.165, 1.54) is 11.8 Å². The van der Waals surface area contributed by atoms with E-state index in [1.54, 1.807) is 6.07 Å². The number of aryl methyl sites for hydroxylation is 1. The first kappa shape index (κ1) is 19.1. The van der Waals surface area contributed by atoms with Gasteiger partial charge in [-0.05, 0) is 48.7 Å². The molecule has 0 aliphatic heterocycles.